The fraction of sp³-hybridized carbons (Fsp3) is 0.0455. The number of benzene rings is 2. The highest BCUT2D eigenvalue weighted by molar-refractivity contribution is 9.10. The molecule has 1 aliphatic rings. The maximum atomic E-state index is 13.0. The lowest BCUT2D eigenvalue weighted by molar-refractivity contribution is -0.122. The molecule has 1 N–H and O–H groups in total. The lowest BCUT2D eigenvalue weighted by Gasteiger charge is -2.26. The van der Waals surface area contributed by atoms with Crippen molar-refractivity contribution in [1.29, 1.82) is 0 Å². The zero-order valence-corrected chi connectivity index (χ0v) is 17.0. The van der Waals surface area contributed by atoms with Crippen LogP contribution in [0.5, 0.6) is 0 Å². The topological polar surface area (TPSA) is 71.4 Å². The number of halogens is 1. The van der Waals surface area contributed by atoms with Crippen LogP contribution in [-0.4, -0.2) is 22.4 Å². The van der Waals surface area contributed by atoms with E-state index in [1.54, 1.807) is 30.3 Å². The van der Waals surface area contributed by atoms with Crippen molar-refractivity contribution in [1.82, 2.24) is 9.88 Å². The molecule has 0 bridgehead atoms. The Hall–Kier alpha value is -3.45. The van der Waals surface area contributed by atoms with Gasteiger partial charge in [0.05, 0.1) is 5.69 Å². The Balaban J connectivity index is 1.73. The molecule has 1 aliphatic heterocycles. The maximum absolute atomic E-state index is 13.0. The third-order valence-corrected chi connectivity index (χ3v) is 5.10. The number of anilines is 1. The van der Waals surface area contributed by atoms with E-state index in [1.165, 1.54) is 6.08 Å². The molecule has 144 valence electrons. The monoisotopic (exact) mass is 449 g/mol. The fourth-order valence-electron chi connectivity index (χ4n) is 3.08. The van der Waals surface area contributed by atoms with Crippen LogP contribution in [0.1, 0.15) is 11.3 Å². The van der Waals surface area contributed by atoms with Gasteiger partial charge in [0, 0.05) is 22.1 Å². The number of hydrogen-bond donors (Lipinski definition) is 1. The van der Waals surface area contributed by atoms with Crippen molar-refractivity contribution in [2.75, 3.05) is 4.90 Å². The summed E-state index contributed by atoms with van der Waals surface area (Å²) in [7, 11) is 0. The zero-order chi connectivity index (χ0) is 20.5. The Morgan fingerprint density at radius 1 is 0.897 bits per heavy atom. The lowest BCUT2D eigenvalue weighted by atomic mass is 10.1. The average Bonchev–Trinajstić information content (AvgIpc) is 3.15. The van der Waals surface area contributed by atoms with Crippen LogP contribution in [0.3, 0.4) is 0 Å². The highest BCUT2D eigenvalue weighted by Crippen LogP contribution is 2.24. The van der Waals surface area contributed by atoms with Gasteiger partial charge >= 0.3 is 6.03 Å². The molecule has 4 amide bonds. The molecule has 0 atom stereocenters. The van der Waals surface area contributed by atoms with Gasteiger partial charge in [-0.15, -0.1) is 0 Å². The maximum Gasteiger partial charge on any atom is 0.335 e. The van der Waals surface area contributed by atoms with Gasteiger partial charge in [-0.2, -0.15) is 0 Å². The van der Waals surface area contributed by atoms with Crippen molar-refractivity contribution in [3.05, 3.63) is 88.2 Å². The summed E-state index contributed by atoms with van der Waals surface area (Å²) in [5.41, 5.74) is 2.81. The molecular weight excluding hydrogens is 434 g/mol. The molecule has 6 nitrogen and oxygen atoms in total. The van der Waals surface area contributed by atoms with Crippen LogP contribution in [0.2, 0.25) is 0 Å². The van der Waals surface area contributed by atoms with E-state index in [1.807, 2.05) is 48.0 Å². The van der Waals surface area contributed by atoms with Gasteiger partial charge < -0.3 is 4.57 Å². The van der Waals surface area contributed by atoms with Gasteiger partial charge in [0.15, 0.2) is 0 Å². The van der Waals surface area contributed by atoms with E-state index in [2.05, 4.69) is 21.2 Å². The van der Waals surface area contributed by atoms with Crippen molar-refractivity contribution < 1.29 is 14.4 Å². The molecule has 0 aliphatic carbocycles. The highest BCUT2D eigenvalue weighted by Gasteiger charge is 2.36. The highest BCUT2D eigenvalue weighted by atomic mass is 79.9. The molecule has 4 rings (SSSR count). The van der Waals surface area contributed by atoms with Crippen molar-refractivity contribution >= 4 is 45.5 Å². The minimum atomic E-state index is -0.760. The van der Waals surface area contributed by atoms with Crippen LogP contribution in [0.15, 0.2) is 76.9 Å². The Bertz CT molecular complexity index is 1140. The first kappa shape index (κ1) is 18.9. The normalized spacial score (nSPS) is 15.7. The van der Waals surface area contributed by atoms with E-state index in [0.717, 1.165) is 20.6 Å². The molecule has 2 heterocycles. The smallest absolute Gasteiger partial charge is 0.317 e. The minimum absolute atomic E-state index is 0.109. The summed E-state index contributed by atoms with van der Waals surface area (Å²) in [5, 5.41) is 2.25. The molecule has 0 spiro atoms. The summed E-state index contributed by atoms with van der Waals surface area (Å²) in [6.45, 7) is 1.91. The van der Waals surface area contributed by atoms with E-state index >= 15 is 0 Å². The van der Waals surface area contributed by atoms with Crippen LogP contribution >= 0.6 is 15.9 Å². The Labute approximate surface area is 175 Å². The van der Waals surface area contributed by atoms with Crippen molar-refractivity contribution in [2.24, 2.45) is 0 Å². The van der Waals surface area contributed by atoms with Gasteiger partial charge in [0.2, 0.25) is 0 Å². The second kappa shape index (κ2) is 7.52. The van der Waals surface area contributed by atoms with E-state index in [0.29, 0.717) is 11.4 Å². The van der Waals surface area contributed by atoms with Gasteiger partial charge in [-0.3, -0.25) is 14.9 Å². The predicted molar refractivity (Wildman–Crippen MR) is 114 cm³/mol. The SMILES string of the molecule is Cc1ccc(N2C(=O)NC(=O)/C(=C\c3cccn3-c3ccc(Br)cc3)C2=O)cc1. The van der Waals surface area contributed by atoms with Gasteiger partial charge in [-0.1, -0.05) is 33.6 Å². The van der Waals surface area contributed by atoms with Crippen molar-refractivity contribution in [3.8, 4) is 5.69 Å². The summed E-state index contributed by atoms with van der Waals surface area (Å²) in [4.78, 5) is 38.7. The first-order valence-electron chi connectivity index (χ1n) is 8.85. The molecule has 29 heavy (non-hydrogen) atoms. The van der Waals surface area contributed by atoms with Crippen LogP contribution in [-0.2, 0) is 9.59 Å². The third kappa shape index (κ3) is 3.64. The van der Waals surface area contributed by atoms with Crippen molar-refractivity contribution in [2.45, 2.75) is 6.92 Å². The largest absolute Gasteiger partial charge is 0.335 e. The number of carbonyl (C=O) groups is 3. The second-order valence-electron chi connectivity index (χ2n) is 6.57. The number of aryl methyl sites for hydroxylation is 1. The number of carbonyl (C=O) groups excluding carboxylic acids is 3. The van der Waals surface area contributed by atoms with E-state index in [-0.39, 0.29) is 5.57 Å². The molecule has 1 saturated heterocycles. The van der Waals surface area contributed by atoms with E-state index in [9.17, 15) is 14.4 Å². The average molecular weight is 450 g/mol. The number of nitrogens with zero attached hydrogens (tertiary/aromatic N) is 2. The molecule has 0 unspecified atom stereocenters. The Morgan fingerprint density at radius 3 is 2.24 bits per heavy atom. The van der Waals surface area contributed by atoms with E-state index < -0.39 is 17.8 Å². The fourth-order valence-corrected chi connectivity index (χ4v) is 3.35. The Kier molecular flexibility index (Phi) is 4.90. The predicted octanol–water partition coefficient (Wildman–Crippen LogP) is 4.21. The number of hydrogen-bond acceptors (Lipinski definition) is 3. The third-order valence-electron chi connectivity index (χ3n) is 4.57. The van der Waals surface area contributed by atoms with Gasteiger partial charge in [0.25, 0.3) is 11.8 Å². The molecule has 7 heteroatoms. The molecule has 3 aromatic rings. The molecule has 1 fully saturated rings. The Morgan fingerprint density at radius 2 is 1.55 bits per heavy atom. The first-order chi connectivity index (χ1) is 13.9. The zero-order valence-electron chi connectivity index (χ0n) is 15.4. The van der Waals surface area contributed by atoms with E-state index in [4.69, 9.17) is 0 Å². The van der Waals surface area contributed by atoms with Gasteiger partial charge in [-0.05, 0) is 61.5 Å². The van der Waals surface area contributed by atoms with Crippen molar-refractivity contribution in [3.63, 3.8) is 0 Å². The minimum Gasteiger partial charge on any atom is -0.317 e. The number of amides is 4. The van der Waals surface area contributed by atoms with Gasteiger partial charge in [-0.25, -0.2) is 9.69 Å². The van der Waals surface area contributed by atoms with Gasteiger partial charge in [0.1, 0.15) is 5.57 Å². The lowest BCUT2D eigenvalue weighted by Crippen LogP contribution is -2.54. The molecule has 1 aromatic heterocycles. The molecule has 0 radical (unpaired) electrons. The number of aromatic nitrogens is 1. The summed E-state index contributed by atoms with van der Waals surface area (Å²) in [5.74, 6) is -1.38. The number of barbiturate groups is 1. The van der Waals surface area contributed by atoms with Crippen LogP contribution in [0, 0.1) is 6.92 Å². The van der Waals surface area contributed by atoms with Crippen LogP contribution < -0.4 is 10.2 Å². The quantitative estimate of drug-likeness (QED) is 0.480. The molecule has 0 saturated carbocycles. The summed E-state index contributed by atoms with van der Waals surface area (Å²) in [6, 6.07) is 17.4. The number of imide groups is 2. The number of rotatable bonds is 3. The summed E-state index contributed by atoms with van der Waals surface area (Å²) in [6.07, 6.45) is 3.33. The summed E-state index contributed by atoms with van der Waals surface area (Å²) < 4.78 is 2.80. The molecular formula is C22H16BrN3O3. The van der Waals surface area contributed by atoms with Crippen LogP contribution in [0.4, 0.5) is 10.5 Å². The number of nitrogens with one attached hydrogen (secondary N) is 1. The second-order valence-corrected chi connectivity index (χ2v) is 7.49. The molecule has 2 aromatic carbocycles. The first-order valence-corrected chi connectivity index (χ1v) is 9.65. The standard InChI is InChI=1S/C22H16BrN3O3/c1-14-4-8-17(9-5-14)26-21(28)19(20(27)24-22(26)29)13-18-3-2-12-25(18)16-10-6-15(23)7-11-16/h2-13H,1H3,(H,24,27,29)/b19-13+. The summed E-state index contributed by atoms with van der Waals surface area (Å²) >= 11 is 3.41. The van der Waals surface area contributed by atoms with Crippen LogP contribution in [0.25, 0.3) is 11.8 Å². The number of urea groups is 1.